The zero-order valence-electron chi connectivity index (χ0n) is 11.1. The van der Waals surface area contributed by atoms with Gasteiger partial charge in [0.05, 0.1) is 12.0 Å². The maximum absolute atomic E-state index is 13.4. The van der Waals surface area contributed by atoms with Gasteiger partial charge >= 0.3 is 7.12 Å². The van der Waals surface area contributed by atoms with Crippen LogP contribution in [0.5, 0.6) is 0 Å². The van der Waals surface area contributed by atoms with Crippen molar-refractivity contribution in [2.75, 3.05) is 0 Å². The first-order valence-corrected chi connectivity index (χ1v) is 6.82. The highest BCUT2D eigenvalue weighted by Crippen LogP contribution is 2.20. The van der Waals surface area contributed by atoms with Crippen molar-refractivity contribution >= 4 is 12.6 Å². The molecule has 1 aromatic heterocycles. The molecule has 2 aromatic rings. The fourth-order valence-corrected chi connectivity index (χ4v) is 2.75. The van der Waals surface area contributed by atoms with E-state index in [9.17, 15) is 4.39 Å². The van der Waals surface area contributed by atoms with E-state index in [2.05, 4.69) is 9.55 Å². The SMILES string of the molecule is OB(O)c1cc(Cn2cnc3c2CCCC3)ccc1F. The lowest BCUT2D eigenvalue weighted by Gasteiger charge is -2.14. The van der Waals surface area contributed by atoms with E-state index in [0.717, 1.165) is 24.1 Å². The van der Waals surface area contributed by atoms with E-state index < -0.39 is 12.9 Å². The van der Waals surface area contributed by atoms with Gasteiger partial charge in [0.25, 0.3) is 0 Å². The summed E-state index contributed by atoms with van der Waals surface area (Å²) in [6.45, 7) is 0.572. The van der Waals surface area contributed by atoms with Crippen molar-refractivity contribution in [3.05, 3.63) is 47.3 Å². The van der Waals surface area contributed by atoms with Gasteiger partial charge in [-0.05, 0) is 37.3 Å². The molecule has 0 atom stereocenters. The number of rotatable bonds is 3. The molecular formula is C14H16BFN2O2. The van der Waals surface area contributed by atoms with E-state index in [1.165, 1.54) is 30.7 Å². The predicted octanol–water partition coefficient (Wildman–Crippen LogP) is 0.629. The van der Waals surface area contributed by atoms with Gasteiger partial charge in [0.1, 0.15) is 5.82 Å². The second-order valence-corrected chi connectivity index (χ2v) is 5.20. The van der Waals surface area contributed by atoms with Crippen LogP contribution in [-0.4, -0.2) is 26.7 Å². The third kappa shape index (κ3) is 2.49. The fourth-order valence-electron chi connectivity index (χ4n) is 2.75. The normalized spacial score (nSPS) is 14.2. The van der Waals surface area contributed by atoms with Crippen molar-refractivity contribution < 1.29 is 14.4 Å². The number of halogens is 1. The summed E-state index contributed by atoms with van der Waals surface area (Å²) in [6, 6.07) is 4.43. The second-order valence-electron chi connectivity index (χ2n) is 5.20. The molecule has 20 heavy (non-hydrogen) atoms. The first-order valence-electron chi connectivity index (χ1n) is 6.82. The molecule has 4 nitrogen and oxygen atoms in total. The Hall–Kier alpha value is -1.66. The number of hydrogen-bond acceptors (Lipinski definition) is 3. The van der Waals surface area contributed by atoms with Crippen molar-refractivity contribution in [2.45, 2.75) is 32.2 Å². The fraction of sp³-hybridized carbons (Fsp3) is 0.357. The minimum Gasteiger partial charge on any atom is -0.423 e. The van der Waals surface area contributed by atoms with Gasteiger partial charge < -0.3 is 14.6 Å². The van der Waals surface area contributed by atoms with Gasteiger partial charge in [-0.15, -0.1) is 0 Å². The maximum Gasteiger partial charge on any atom is 0.491 e. The van der Waals surface area contributed by atoms with Crippen molar-refractivity contribution in [3.63, 3.8) is 0 Å². The summed E-state index contributed by atoms with van der Waals surface area (Å²) in [7, 11) is -1.79. The van der Waals surface area contributed by atoms with Crippen LogP contribution in [0.15, 0.2) is 24.5 Å². The van der Waals surface area contributed by atoms with E-state index in [0.29, 0.717) is 6.54 Å². The molecule has 0 saturated heterocycles. The van der Waals surface area contributed by atoms with Crippen LogP contribution in [0.4, 0.5) is 4.39 Å². The number of aryl methyl sites for hydroxylation is 1. The Bertz CT molecular complexity index is 628. The third-order valence-electron chi connectivity index (χ3n) is 3.80. The standard InChI is InChI=1S/C14H16BFN2O2/c16-12-6-5-10(7-11(12)15(19)20)8-18-9-17-13-3-1-2-4-14(13)18/h5-7,9,19-20H,1-4,8H2. The molecule has 2 N–H and O–H groups in total. The van der Waals surface area contributed by atoms with Crippen LogP contribution in [0, 0.1) is 5.82 Å². The molecule has 1 aliphatic rings. The van der Waals surface area contributed by atoms with Gasteiger partial charge in [-0.1, -0.05) is 12.1 Å². The summed E-state index contributed by atoms with van der Waals surface area (Å²) in [5.41, 5.74) is 3.14. The number of benzene rings is 1. The molecular weight excluding hydrogens is 258 g/mol. The molecule has 6 heteroatoms. The molecule has 0 saturated carbocycles. The average molecular weight is 274 g/mol. The molecule has 0 aliphatic heterocycles. The summed E-state index contributed by atoms with van der Waals surface area (Å²) in [5.74, 6) is -0.601. The number of fused-ring (bicyclic) bond motifs is 1. The number of hydrogen-bond donors (Lipinski definition) is 2. The van der Waals surface area contributed by atoms with Crippen molar-refractivity contribution in [1.29, 1.82) is 0 Å². The van der Waals surface area contributed by atoms with Gasteiger partial charge in [-0.25, -0.2) is 9.37 Å². The molecule has 0 spiro atoms. The minimum absolute atomic E-state index is 0.0866. The van der Waals surface area contributed by atoms with Crippen LogP contribution in [-0.2, 0) is 19.4 Å². The molecule has 1 aromatic carbocycles. The lowest BCUT2D eigenvalue weighted by atomic mass is 9.79. The average Bonchev–Trinajstić information content (AvgIpc) is 2.84. The third-order valence-corrected chi connectivity index (χ3v) is 3.80. The molecule has 104 valence electrons. The Morgan fingerprint density at radius 3 is 2.85 bits per heavy atom. The van der Waals surface area contributed by atoms with Crippen LogP contribution < -0.4 is 5.46 Å². The van der Waals surface area contributed by atoms with Crippen LogP contribution in [0.2, 0.25) is 0 Å². The Balaban J connectivity index is 1.88. The number of nitrogens with zero attached hydrogens (tertiary/aromatic N) is 2. The van der Waals surface area contributed by atoms with Crippen molar-refractivity contribution in [3.8, 4) is 0 Å². The zero-order valence-corrected chi connectivity index (χ0v) is 11.1. The molecule has 3 rings (SSSR count). The molecule has 0 radical (unpaired) electrons. The smallest absolute Gasteiger partial charge is 0.423 e. The Labute approximate surface area is 117 Å². The van der Waals surface area contributed by atoms with E-state index >= 15 is 0 Å². The first-order chi connectivity index (χ1) is 9.65. The Morgan fingerprint density at radius 1 is 1.25 bits per heavy atom. The van der Waals surface area contributed by atoms with E-state index in [-0.39, 0.29) is 5.46 Å². The summed E-state index contributed by atoms with van der Waals surface area (Å²) in [5, 5.41) is 18.3. The highest BCUT2D eigenvalue weighted by molar-refractivity contribution is 6.58. The van der Waals surface area contributed by atoms with Crippen LogP contribution in [0.25, 0.3) is 0 Å². The minimum atomic E-state index is -1.79. The summed E-state index contributed by atoms with van der Waals surface area (Å²) in [4.78, 5) is 4.42. The van der Waals surface area contributed by atoms with Gasteiger partial charge in [-0.2, -0.15) is 0 Å². The van der Waals surface area contributed by atoms with Crippen molar-refractivity contribution in [1.82, 2.24) is 9.55 Å². The monoisotopic (exact) mass is 274 g/mol. The highest BCUT2D eigenvalue weighted by Gasteiger charge is 2.18. The molecule has 0 fully saturated rings. The predicted molar refractivity (Wildman–Crippen MR) is 74.2 cm³/mol. The molecule has 0 amide bonds. The number of imidazole rings is 1. The maximum atomic E-state index is 13.4. The van der Waals surface area contributed by atoms with Gasteiger partial charge in [0, 0.05) is 17.7 Å². The van der Waals surface area contributed by atoms with Crippen molar-refractivity contribution in [2.24, 2.45) is 0 Å². The van der Waals surface area contributed by atoms with Crippen LogP contribution in [0.1, 0.15) is 29.8 Å². The Kier molecular flexibility index (Phi) is 3.59. The van der Waals surface area contributed by atoms with Gasteiger partial charge in [-0.3, -0.25) is 0 Å². The van der Waals surface area contributed by atoms with E-state index in [4.69, 9.17) is 10.0 Å². The summed E-state index contributed by atoms with van der Waals surface area (Å²) >= 11 is 0. The topological polar surface area (TPSA) is 58.3 Å². The lowest BCUT2D eigenvalue weighted by molar-refractivity contribution is 0.423. The Morgan fingerprint density at radius 2 is 2.05 bits per heavy atom. The van der Waals surface area contributed by atoms with Gasteiger partial charge in [0.2, 0.25) is 0 Å². The lowest BCUT2D eigenvalue weighted by Crippen LogP contribution is -2.33. The first kappa shape index (κ1) is 13.3. The largest absolute Gasteiger partial charge is 0.491 e. The number of aromatic nitrogens is 2. The van der Waals surface area contributed by atoms with E-state index in [1.807, 2.05) is 6.33 Å². The summed E-state index contributed by atoms with van der Waals surface area (Å²) < 4.78 is 15.5. The molecule has 1 aliphatic carbocycles. The second kappa shape index (κ2) is 5.38. The van der Waals surface area contributed by atoms with E-state index in [1.54, 1.807) is 6.07 Å². The highest BCUT2D eigenvalue weighted by atomic mass is 19.1. The zero-order chi connectivity index (χ0) is 14.1. The molecule has 1 heterocycles. The van der Waals surface area contributed by atoms with Crippen LogP contribution >= 0.6 is 0 Å². The quantitative estimate of drug-likeness (QED) is 0.807. The molecule has 0 unspecified atom stereocenters. The van der Waals surface area contributed by atoms with Gasteiger partial charge in [0.15, 0.2) is 0 Å². The summed E-state index contributed by atoms with van der Waals surface area (Å²) in [6.07, 6.45) is 6.21. The molecule has 0 bridgehead atoms. The van der Waals surface area contributed by atoms with Crippen LogP contribution in [0.3, 0.4) is 0 Å².